The van der Waals surface area contributed by atoms with Gasteiger partial charge in [0.2, 0.25) is 0 Å². The normalized spacial score (nSPS) is 16.8. The van der Waals surface area contributed by atoms with Crippen molar-refractivity contribution in [3.63, 3.8) is 0 Å². The fraction of sp³-hybridized carbons (Fsp3) is 0.111. The summed E-state index contributed by atoms with van der Waals surface area (Å²) in [4.78, 5) is 2.33. The summed E-state index contributed by atoms with van der Waals surface area (Å²) >= 11 is 1.70. The maximum absolute atomic E-state index is 13.0. The van der Waals surface area contributed by atoms with E-state index in [1.54, 1.807) is 11.3 Å². The Morgan fingerprint density at radius 3 is 2.62 bits per heavy atom. The van der Waals surface area contributed by atoms with E-state index in [1.807, 2.05) is 18.2 Å². The first kappa shape index (κ1) is 13.8. The molecule has 0 fully saturated rings. The highest BCUT2D eigenvalue weighted by Crippen LogP contribution is 2.32. The summed E-state index contributed by atoms with van der Waals surface area (Å²) in [6.07, 6.45) is 7.00. The molecule has 1 aromatic carbocycles. The molecule has 1 nitrogen and oxygen atoms in total. The van der Waals surface area contributed by atoms with E-state index >= 15 is 0 Å². The van der Waals surface area contributed by atoms with Gasteiger partial charge in [0.25, 0.3) is 0 Å². The lowest BCUT2D eigenvalue weighted by atomic mass is 9.97. The average molecular weight is 297 g/mol. The fourth-order valence-electron chi connectivity index (χ4n) is 2.29. The molecule has 3 heteroatoms. The highest BCUT2D eigenvalue weighted by atomic mass is 32.1. The number of halogens is 1. The first-order chi connectivity index (χ1) is 10.1. The summed E-state index contributed by atoms with van der Waals surface area (Å²) < 4.78 is 13.0. The van der Waals surface area contributed by atoms with Crippen LogP contribution in [-0.2, 0) is 0 Å². The van der Waals surface area contributed by atoms with Crippen molar-refractivity contribution in [2.45, 2.75) is 13.3 Å². The van der Waals surface area contributed by atoms with Gasteiger partial charge >= 0.3 is 0 Å². The Kier molecular flexibility index (Phi) is 3.76. The van der Waals surface area contributed by atoms with Gasteiger partial charge in [0, 0.05) is 21.9 Å². The van der Waals surface area contributed by atoms with Gasteiger partial charge in [-0.2, -0.15) is 0 Å². The zero-order valence-electron chi connectivity index (χ0n) is 11.8. The number of thiophene rings is 1. The lowest BCUT2D eigenvalue weighted by Gasteiger charge is -2.12. The van der Waals surface area contributed by atoms with Crippen LogP contribution in [0.2, 0.25) is 0 Å². The van der Waals surface area contributed by atoms with Gasteiger partial charge in [-0.15, -0.1) is 11.3 Å². The van der Waals surface area contributed by atoms with E-state index in [2.05, 4.69) is 31.2 Å². The van der Waals surface area contributed by atoms with Crippen molar-refractivity contribution in [2.75, 3.05) is 0 Å². The summed E-state index contributed by atoms with van der Waals surface area (Å²) in [6.45, 7) is 2.10. The fourth-order valence-corrected chi connectivity index (χ4v) is 3.27. The minimum atomic E-state index is -0.206. The molecule has 0 amide bonds. The quantitative estimate of drug-likeness (QED) is 0.817. The van der Waals surface area contributed by atoms with Crippen LogP contribution in [0.1, 0.15) is 18.2 Å². The molecule has 0 saturated carbocycles. The summed E-state index contributed by atoms with van der Waals surface area (Å²) in [5.74, 6) is -0.206. The van der Waals surface area contributed by atoms with Crippen LogP contribution in [0.15, 0.2) is 65.4 Å². The Morgan fingerprint density at radius 1 is 1.10 bits per heavy atom. The number of hydrogen-bond donors (Lipinski definition) is 1. The number of benzene rings is 1. The molecule has 1 aliphatic carbocycles. The van der Waals surface area contributed by atoms with E-state index in [9.17, 15) is 4.39 Å². The largest absolute Gasteiger partial charge is 0.402 e. The highest BCUT2D eigenvalue weighted by molar-refractivity contribution is 7.16. The molecule has 2 aromatic rings. The van der Waals surface area contributed by atoms with Crippen molar-refractivity contribution in [2.24, 2.45) is 5.73 Å². The van der Waals surface area contributed by atoms with Crippen LogP contribution >= 0.6 is 11.3 Å². The maximum Gasteiger partial charge on any atom is 0.123 e. The molecular weight excluding hydrogens is 281 g/mol. The zero-order chi connectivity index (χ0) is 14.8. The number of rotatable bonds is 2. The van der Waals surface area contributed by atoms with Crippen LogP contribution in [0.4, 0.5) is 4.39 Å². The van der Waals surface area contributed by atoms with Crippen LogP contribution in [0, 0.1) is 5.82 Å². The van der Waals surface area contributed by atoms with Crippen LogP contribution in [0.5, 0.6) is 0 Å². The van der Waals surface area contributed by atoms with Gasteiger partial charge in [0.15, 0.2) is 0 Å². The molecule has 0 radical (unpaired) electrons. The third-order valence-corrected chi connectivity index (χ3v) is 4.60. The molecular formula is C18H16FNS. The molecule has 2 N–H and O–H groups in total. The van der Waals surface area contributed by atoms with Gasteiger partial charge in [-0.3, -0.25) is 0 Å². The molecule has 1 aromatic heterocycles. The van der Waals surface area contributed by atoms with Gasteiger partial charge in [-0.25, -0.2) is 4.39 Å². The number of nitrogens with two attached hydrogens (primary N) is 1. The topological polar surface area (TPSA) is 26.0 Å². The zero-order valence-corrected chi connectivity index (χ0v) is 12.6. The van der Waals surface area contributed by atoms with Gasteiger partial charge < -0.3 is 5.73 Å². The number of hydrogen-bond acceptors (Lipinski definition) is 2. The molecule has 106 valence electrons. The molecule has 0 atom stereocenters. The summed E-state index contributed by atoms with van der Waals surface area (Å²) in [6, 6.07) is 10.8. The van der Waals surface area contributed by atoms with Gasteiger partial charge in [-0.05, 0) is 60.1 Å². The summed E-state index contributed by atoms with van der Waals surface area (Å²) in [7, 11) is 0. The molecule has 0 spiro atoms. The Hall–Kier alpha value is -2.13. The predicted octanol–water partition coefficient (Wildman–Crippen LogP) is 5.13. The molecule has 1 heterocycles. The average Bonchev–Trinajstić information content (AvgIpc) is 2.92. The second-order valence-electron chi connectivity index (χ2n) is 5.15. The minimum Gasteiger partial charge on any atom is -0.402 e. The molecule has 0 aliphatic heterocycles. The van der Waals surface area contributed by atoms with Crippen LogP contribution in [0.25, 0.3) is 16.5 Å². The van der Waals surface area contributed by atoms with Crippen molar-refractivity contribution in [1.82, 2.24) is 0 Å². The molecule has 0 bridgehead atoms. The van der Waals surface area contributed by atoms with E-state index in [-0.39, 0.29) is 5.82 Å². The first-order valence-electron chi connectivity index (χ1n) is 6.81. The molecule has 21 heavy (non-hydrogen) atoms. The van der Waals surface area contributed by atoms with Crippen LogP contribution in [-0.4, -0.2) is 0 Å². The third kappa shape index (κ3) is 3.14. The minimum absolute atomic E-state index is 0.206. The summed E-state index contributed by atoms with van der Waals surface area (Å²) in [5, 5.41) is 0. The monoisotopic (exact) mass is 297 g/mol. The van der Waals surface area contributed by atoms with E-state index < -0.39 is 0 Å². The van der Waals surface area contributed by atoms with Gasteiger partial charge in [0.05, 0.1) is 0 Å². The molecule has 0 unspecified atom stereocenters. The molecule has 1 aliphatic rings. The van der Waals surface area contributed by atoms with Crippen molar-refractivity contribution in [1.29, 1.82) is 0 Å². The Labute approximate surface area is 127 Å². The Balaban J connectivity index is 1.87. The summed E-state index contributed by atoms with van der Waals surface area (Å²) in [5.41, 5.74) is 10.3. The lowest BCUT2D eigenvalue weighted by Crippen LogP contribution is -2.03. The second kappa shape index (κ2) is 5.70. The van der Waals surface area contributed by atoms with E-state index in [0.717, 1.165) is 22.6 Å². The number of allylic oxidation sites excluding steroid dienone is 4. The van der Waals surface area contributed by atoms with Gasteiger partial charge in [-0.1, -0.05) is 18.2 Å². The predicted molar refractivity (Wildman–Crippen MR) is 88.3 cm³/mol. The van der Waals surface area contributed by atoms with Crippen LogP contribution in [0.3, 0.4) is 0 Å². The molecule has 3 rings (SSSR count). The Bertz CT molecular complexity index is 748. The van der Waals surface area contributed by atoms with Crippen molar-refractivity contribution in [3.05, 3.63) is 76.1 Å². The highest BCUT2D eigenvalue weighted by Gasteiger charge is 2.08. The van der Waals surface area contributed by atoms with Crippen molar-refractivity contribution < 1.29 is 4.39 Å². The Morgan fingerprint density at radius 2 is 1.86 bits per heavy atom. The van der Waals surface area contributed by atoms with Crippen molar-refractivity contribution >= 4 is 17.4 Å². The third-order valence-electron chi connectivity index (χ3n) is 3.52. The van der Waals surface area contributed by atoms with Gasteiger partial charge in [0.1, 0.15) is 5.82 Å². The SMILES string of the molecule is CC1=CC=C(N)CC1=Cc1ccc(-c2ccc(F)cc2)s1. The smallest absolute Gasteiger partial charge is 0.123 e. The van der Waals surface area contributed by atoms with E-state index in [0.29, 0.717) is 0 Å². The molecule has 0 saturated heterocycles. The maximum atomic E-state index is 13.0. The van der Waals surface area contributed by atoms with Crippen LogP contribution < -0.4 is 5.73 Å². The first-order valence-corrected chi connectivity index (χ1v) is 7.63. The standard InChI is InChI=1S/C18H16FNS/c1-12-2-7-16(20)10-14(12)11-17-8-9-18(21-17)13-3-5-15(19)6-4-13/h2-9,11H,10,20H2,1H3. The van der Waals surface area contributed by atoms with E-state index in [1.165, 1.54) is 28.2 Å². The second-order valence-corrected chi connectivity index (χ2v) is 6.26. The lowest BCUT2D eigenvalue weighted by molar-refractivity contribution is 0.628. The van der Waals surface area contributed by atoms with Crippen molar-refractivity contribution in [3.8, 4) is 10.4 Å². The van der Waals surface area contributed by atoms with E-state index in [4.69, 9.17) is 5.73 Å².